The molecule has 3 aromatic rings. The molecule has 0 atom stereocenters. The molecule has 1 aromatic heterocycles. The molecule has 0 aliphatic heterocycles. The van der Waals surface area contributed by atoms with E-state index in [1.807, 2.05) is 18.2 Å². The minimum absolute atomic E-state index is 0.0930. The molecule has 0 saturated heterocycles. The number of aromatic nitrogens is 2. The molecule has 0 aliphatic rings. The van der Waals surface area contributed by atoms with E-state index in [1.54, 1.807) is 37.7 Å². The largest absolute Gasteiger partial charge is 0.493 e. The van der Waals surface area contributed by atoms with E-state index in [4.69, 9.17) is 25.8 Å². The maximum absolute atomic E-state index is 12.9. The Bertz CT molecular complexity index is 1230. The molecule has 0 aliphatic carbocycles. The summed E-state index contributed by atoms with van der Waals surface area (Å²) in [6, 6.07) is 11.8. The van der Waals surface area contributed by atoms with E-state index >= 15 is 0 Å². The minimum atomic E-state index is -0.778. The third-order valence-electron chi connectivity index (χ3n) is 4.91. The van der Waals surface area contributed by atoms with Gasteiger partial charge in [0.25, 0.3) is 11.5 Å². The van der Waals surface area contributed by atoms with Gasteiger partial charge >= 0.3 is 5.97 Å². The summed E-state index contributed by atoms with van der Waals surface area (Å²) in [5, 5.41) is 2.71. The van der Waals surface area contributed by atoms with Gasteiger partial charge in [-0.15, -0.1) is 0 Å². The third-order valence-corrected chi connectivity index (χ3v) is 5.19. The van der Waals surface area contributed by atoms with Crippen molar-refractivity contribution in [3.8, 4) is 17.2 Å². The number of anilines is 1. The first kappa shape index (κ1) is 23.9. The molecule has 0 saturated carbocycles. The van der Waals surface area contributed by atoms with E-state index in [0.717, 1.165) is 0 Å². The van der Waals surface area contributed by atoms with Gasteiger partial charge in [-0.1, -0.05) is 29.8 Å². The Morgan fingerprint density at radius 1 is 1.15 bits per heavy atom. The summed E-state index contributed by atoms with van der Waals surface area (Å²) < 4.78 is 18.8. The predicted molar refractivity (Wildman–Crippen MR) is 124 cm³/mol. The van der Waals surface area contributed by atoms with Crippen LogP contribution in [0.1, 0.15) is 23.0 Å². The summed E-state index contributed by atoms with van der Waals surface area (Å²) in [5.74, 6) is -0.856. The fourth-order valence-electron chi connectivity index (χ4n) is 3.22. The standard InChI is InChI=1S/C23H24ClN3O6/c1-5-32-21-17(24)11-15(12-18(21)31-4)23(30)33-13-19(28)25-20-14(2)26(3)27(22(20)29)16-9-7-6-8-10-16/h6-12H,5,13H2,1-4H3,(H,25,28). The van der Waals surface area contributed by atoms with Crippen LogP contribution in [0.25, 0.3) is 5.69 Å². The van der Waals surface area contributed by atoms with E-state index in [2.05, 4.69) is 5.32 Å². The molecule has 1 heterocycles. The molecule has 1 amide bonds. The van der Waals surface area contributed by atoms with Crippen molar-refractivity contribution in [1.29, 1.82) is 0 Å². The normalized spacial score (nSPS) is 10.6. The number of hydrogen-bond donors (Lipinski definition) is 1. The van der Waals surface area contributed by atoms with E-state index in [1.165, 1.54) is 23.9 Å². The lowest BCUT2D eigenvalue weighted by Gasteiger charge is -2.13. The van der Waals surface area contributed by atoms with E-state index in [0.29, 0.717) is 23.7 Å². The molecular weight excluding hydrogens is 450 g/mol. The van der Waals surface area contributed by atoms with Crippen molar-refractivity contribution in [2.75, 3.05) is 25.6 Å². The number of methoxy groups -OCH3 is 1. The van der Waals surface area contributed by atoms with Gasteiger partial charge in [-0.25, -0.2) is 9.48 Å². The van der Waals surface area contributed by atoms with Gasteiger partial charge in [0.05, 0.1) is 35.7 Å². The second-order valence-electron chi connectivity index (χ2n) is 6.98. The van der Waals surface area contributed by atoms with Crippen LogP contribution in [-0.4, -0.2) is 41.6 Å². The number of esters is 1. The van der Waals surface area contributed by atoms with Gasteiger partial charge in [0.1, 0.15) is 5.69 Å². The highest BCUT2D eigenvalue weighted by Gasteiger charge is 2.20. The maximum Gasteiger partial charge on any atom is 0.338 e. The summed E-state index contributed by atoms with van der Waals surface area (Å²) in [6.45, 7) is 3.27. The summed E-state index contributed by atoms with van der Waals surface area (Å²) in [6.07, 6.45) is 0. The highest BCUT2D eigenvalue weighted by molar-refractivity contribution is 6.32. The number of carbonyl (C=O) groups excluding carboxylic acids is 2. The number of para-hydroxylation sites is 1. The molecule has 2 aromatic carbocycles. The van der Waals surface area contributed by atoms with Gasteiger partial charge in [-0.3, -0.25) is 14.3 Å². The van der Waals surface area contributed by atoms with Crippen molar-refractivity contribution >= 4 is 29.2 Å². The molecule has 10 heteroatoms. The summed E-state index contributed by atoms with van der Waals surface area (Å²) in [7, 11) is 3.13. The average molecular weight is 474 g/mol. The van der Waals surface area contributed by atoms with Crippen molar-refractivity contribution in [3.05, 3.63) is 69.1 Å². The first-order chi connectivity index (χ1) is 15.8. The molecule has 0 bridgehead atoms. The van der Waals surface area contributed by atoms with Gasteiger partial charge in [0.15, 0.2) is 18.1 Å². The lowest BCUT2D eigenvalue weighted by atomic mass is 10.2. The lowest BCUT2D eigenvalue weighted by molar-refractivity contribution is -0.119. The second-order valence-corrected chi connectivity index (χ2v) is 7.39. The van der Waals surface area contributed by atoms with Crippen LogP contribution in [0.4, 0.5) is 5.69 Å². The second kappa shape index (κ2) is 10.3. The van der Waals surface area contributed by atoms with Gasteiger partial charge in [0, 0.05) is 7.05 Å². The Hall–Kier alpha value is -3.72. The van der Waals surface area contributed by atoms with E-state index < -0.39 is 24.0 Å². The Labute approximate surface area is 195 Å². The number of carbonyl (C=O) groups is 2. The van der Waals surface area contributed by atoms with Crippen LogP contribution >= 0.6 is 11.6 Å². The van der Waals surface area contributed by atoms with Crippen LogP contribution in [0.2, 0.25) is 5.02 Å². The highest BCUT2D eigenvalue weighted by Crippen LogP contribution is 2.36. The van der Waals surface area contributed by atoms with E-state index in [9.17, 15) is 14.4 Å². The number of halogens is 1. The molecule has 9 nitrogen and oxygen atoms in total. The zero-order chi connectivity index (χ0) is 24.1. The summed E-state index contributed by atoms with van der Waals surface area (Å²) in [4.78, 5) is 37.7. The molecule has 0 unspecified atom stereocenters. The van der Waals surface area contributed by atoms with Crippen LogP contribution in [0, 0.1) is 6.92 Å². The Morgan fingerprint density at radius 2 is 1.85 bits per heavy atom. The van der Waals surface area contributed by atoms with Crippen LogP contribution in [0.3, 0.4) is 0 Å². The Kier molecular flexibility index (Phi) is 7.44. The molecule has 0 spiro atoms. The SMILES string of the molecule is CCOc1c(Cl)cc(C(=O)OCC(=O)Nc2c(C)n(C)n(-c3ccccc3)c2=O)cc1OC. The quantitative estimate of drug-likeness (QED) is 0.503. The van der Waals surface area contributed by atoms with Gasteiger partial charge in [-0.05, 0) is 38.1 Å². The van der Waals surface area contributed by atoms with Crippen LogP contribution < -0.4 is 20.3 Å². The number of nitrogens with zero attached hydrogens (tertiary/aromatic N) is 2. The molecule has 1 N–H and O–H groups in total. The molecule has 174 valence electrons. The fraction of sp³-hybridized carbons (Fsp3) is 0.261. The van der Waals surface area contributed by atoms with Crippen LogP contribution in [0.5, 0.6) is 11.5 Å². The first-order valence-electron chi connectivity index (χ1n) is 10.1. The fourth-order valence-corrected chi connectivity index (χ4v) is 3.49. The number of nitrogens with one attached hydrogen (secondary N) is 1. The zero-order valence-corrected chi connectivity index (χ0v) is 19.4. The number of ether oxygens (including phenoxy) is 3. The Morgan fingerprint density at radius 3 is 2.48 bits per heavy atom. The highest BCUT2D eigenvalue weighted by atomic mass is 35.5. The molecule has 0 fully saturated rings. The maximum atomic E-state index is 12.9. The van der Waals surface area contributed by atoms with E-state index in [-0.39, 0.29) is 22.0 Å². The molecule has 0 radical (unpaired) electrons. The Balaban J connectivity index is 1.72. The van der Waals surface area contributed by atoms with Crippen LogP contribution in [0.15, 0.2) is 47.3 Å². The van der Waals surface area contributed by atoms with Crippen molar-refractivity contribution in [2.24, 2.45) is 7.05 Å². The van der Waals surface area contributed by atoms with Crippen molar-refractivity contribution in [2.45, 2.75) is 13.8 Å². The first-order valence-corrected chi connectivity index (χ1v) is 10.5. The lowest BCUT2D eigenvalue weighted by Crippen LogP contribution is -2.25. The third kappa shape index (κ3) is 5.04. The zero-order valence-electron chi connectivity index (χ0n) is 18.7. The molecule has 3 rings (SSSR count). The van der Waals surface area contributed by atoms with Gasteiger partial charge in [-0.2, -0.15) is 0 Å². The van der Waals surface area contributed by atoms with Crippen molar-refractivity contribution in [1.82, 2.24) is 9.36 Å². The number of amides is 1. The smallest absolute Gasteiger partial charge is 0.338 e. The number of hydrogen-bond acceptors (Lipinski definition) is 6. The summed E-state index contributed by atoms with van der Waals surface area (Å²) >= 11 is 6.18. The number of benzene rings is 2. The van der Waals surface area contributed by atoms with Gasteiger partial charge in [0.2, 0.25) is 0 Å². The topological polar surface area (TPSA) is 101 Å². The monoisotopic (exact) mass is 473 g/mol. The minimum Gasteiger partial charge on any atom is -0.493 e. The average Bonchev–Trinajstić information content (AvgIpc) is 3.02. The molecule has 33 heavy (non-hydrogen) atoms. The summed E-state index contributed by atoms with van der Waals surface area (Å²) in [5.41, 5.74) is 1.00. The predicted octanol–water partition coefficient (Wildman–Crippen LogP) is 3.34. The molecular formula is C23H24ClN3O6. The number of rotatable bonds is 8. The van der Waals surface area contributed by atoms with Crippen molar-refractivity contribution in [3.63, 3.8) is 0 Å². The van der Waals surface area contributed by atoms with Gasteiger partial charge < -0.3 is 19.5 Å². The van der Waals surface area contributed by atoms with Crippen LogP contribution in [-0.2, 0) is 16.6 Å². The van der Waals surface area contributed by atoms with Crippen molar-refractivity contribution < 1.29 is 23.8 Å².